The normalized spacial score (nSPS) is 16.5. The molecule has 1 amide bonds. The summed E-state index contributed by atoms with van der Waals surface area (Å²) in [6, 6.07) is 4.25. The average molecular weight is 532 g/mol. The van der Waals surface area contributed by atoms with Gasteiger partial charge in [-0.05, 0) is 42.7 Å². The smallest absolute Gasteiger partial charge is 0.377 e. The number of alkyl halides is 3. The van der Waals surface area contributed by atoms with Gasteiger partial charge in [0.2, 0.25) is 11.7 Å². The van der Waals surface area contributed by atoms with Gasteiger partial charge < -0.3 is 24.8 Å². The van der Waals surface area contributed by atoms with Crippen LogP contribution in [0.25, 0.3) is 11.4 Å². The summed E-state index contributed by atoms with van der Waals surface area (Å²) in [7, 11) is 0. The van der Waals surface area contributed by atoms with Gasteiger partial charge in [0, 0.05) is 31.9 Å². The van der Waals surface area contributed by atoms with Crippen LogP contribution in [-0.4, -0.2) is 64.5 Å². The van der Waals surface area contributed by atoms with Crippen molar-refractivity contribution >= 4 is 28.6 Å². The largest absolute Gasteiger partial charge is 0.416 e. The van der Waals surface area contributed by atoms with Crippen molar-refractivity contribution in [2.45, 2.75) is 32.5 Å². The molecule has 0 bridgehead atoms. The summed E-state index contributed by atoms with van der Waals surface area (Å²) < 4.78 is 47.0. The molecule has 3 aromatic rings. The first-order valence-corrected chi connectivity index (χ1v) is 12.5. The fourth-order valence-corrected chi connectivity index (χ4v) is 4.77. The number of benzene rings is 1. The molecule has 5 rings (SSSR count). The lowest BCUT2D eigenvalue weighted by Gasteiger charge is -2.31. The molecule has 1 saturated heterocycles. The second-order valence-corrected chi connectivity index (χ2v) is 9.10. The van der Waals surface area contributed by atoms with E-state index in [0.29, 0.717) is 69.4 Å². The van der Waals surface area contributed by atoms with Crippen molar-refractivity contribution in [3.8, 4) is 0 Å². The van der Waals surface area contributed by atoms with Crippen LogP contribution < -0.4 is 21.1 Å². The number of hydrogen-bond donors (Lipinski definition) is 2. The molecular weight excluding hydrogens is 503 g/mol. The zero-order valence-electron chi connectivity index (χ0n) is 20.8. The number of amides is 1. The highest BCUT2D eigenvalue weighted by Crippen LogP contribution is 2.30. The van der Waals surface area contributed by atoms with Gasteiger partial charge in [0.1, 0.15) is 12.2 Å². The zero-order valence-corrected chi connectivity index (χ0v) is 20.8. The number of rotatable bonds is 6. The molecule has 13 heteroatoms. The quantitative estimate of drug-likeness (QED) is 0.503. The number of aromatic nitrogens is 4. The van der Waals surface area contributed by atoms with Crippen LogP contribution in [0.15, 0.2) is 35.1 Å². The number of nitrogens with zero attached hydrogens (tertiary/aromatic N) is 5. The number of carbonyl (C=O) groups is 1. The Morgan fingerprint density at radius 2 is 1.92 bits per heavy atom. The predicted molar refractivity (Wildman–Crippen MR) is 135 cm³/mol. The molecule has 0 saturated carbocycles. The maximum absolute atomic E-state index is 13.7. The van der Waals surface area contributed by atoms with Gasteiger partial charge in [0.15, 0.2) is 5.82 Å². The van der Waals surface area contributed by atoms with E-state index in [4.69, 9.17) is 4.74 Å². The van der Waals surface area contributed by atoms with Crippen LogP contribution in [0.1, 0.15) is 30.4 Å². The van der Waals surface area contributed by atoms with E-state index in [0.717, 1.165) is 17.7 Å². The van der Waals surface area contributed by atoms with Crippen molar-refractivity contribution < 1.29 is 22.7 Å². The molecule has 38 heavy (non-hydrogen) atoms. The molecule has 2 aliphatic rings. The highest BCUT2D eigenvalue weighted by molar-refractivity contribution is 5.91. The number of fused-ring (bicyclic) bond motifs is 1. The van der Waals surface area contributed by atoms with Gasteiger partial charge in [-0.1, -0.05) is 13.0 Å². The number of carbonyl (C=O) groups excluding carboxylic acids is 1. The molecule has 0 unspecified atom stereocenters. The molecule has 0 radical (unpaired) electrons. The van der Waals surface area contributed by atoms with E-state index in [1.165, 1.54) is 16.6 Å². The Balaban J connectivity index is 1.55. The van der Waals surface area contributed by atoms with Gasteiger partial charge in [-0.25, -0.2) is 0 Å². The number of anilines is 2. The Labute approximate surface area is 216 Å². The highest BCUT2D eigenvalue weighted by atomic mass is 19.4. The van der Waals surface area contributed by atoms with Gasteiger partial charge in [0.05, 0.1) is 24.5 Å². The third kappa shape index (κ3) is 5.16. The lowest BCUT2D eigenvalue weighted by Crippen LogP contribution is -2.47. The molecule has 1 fully saturated rings. The Kier molecular flexibility index (Phi) is 7.21. The third-order valence-corrected chi connectivity index (χ3v) is 6.64. The van der Waals surface area contributed by atoms with Crippen LogP contribution in [-0.2, 0) is 28.7 Å². The van der Waals surface area contributed by atoms with E-state index in [2.05, 4.69) is 20.7 Å². The lowest BCUT2D eigenvalue weighted by molar-refractivity contribution is -0.137. The molecule has 0 aliphatic carbocycles. The molecular formula is C25H28F3N7O3. The van der Waals surface area contributed by atoms with Crippen LogP contribution >= 0.6 is 0 Å². The molecule has 4 heterocycles. The van der Waals surface area contributed by atoms with Gasteiger partial charge >= 0.3 is 6.18 Å². The fraction of sp³-hybridized carbons (Fsp3) is 0.440. The van der Waals surface area contributed by atoms with E-state index in [1.807, 2.05) is 17.9 Å². The number of halogens is 3. The standard InChI is InChI=1S/C25H28F3N7O3/c1-2-19-21(33-11-9-29-10-12-33)23(37)35-24(31-22(32-35)16-7-13-38-14-8-16)34(19)15-20(36)30-18-5-3-17(4-6-18)25(26,27)28/h3-7,29H,2,8-15H2,1H3,(H,30,36). The lowest BCUT2D eigenvalue weighted by atomic mass is 10.1. The first-order valence-electron chi connectivity index (χ1n) is 12.5. The molecule has 1 aromatic carbocycles. The topological polar surface area (TPSA) is 106 Å². The first-order chi connectivity index (χ1) is 18.3. The third-order valence-electron chi connectivity index (χ3n) is 6.64. The number of nitrogens with one attached hydrogen (secondary N) is 2. The van der Waals surface area contributed by atoms with Crippen molar-refractivity contribution in [1.29, 1.82) is 0 Å². The predicted octanol–water partition coefficient (Wildman–Crippen LogP) is 2.32. The Bertz CT molecular complexity index is 1420. The summed E-state index contributed by atoms with van der Waals surface area (Å²) in [5.41, 5.74) is 1.11. The Morgan fingerprint density at radius 1 is 1.18 bits per heavy atom. The van der Waals surface area contributed by atoms with E-state index < -0.39 is 17.6 Å². The summed E-state index contributed by atoms with van der Waals surface area (Å²) in [6.45, 7) is 5.32. The van der Waals surface area contributed by atoms with Crippen molar-refractivity contribution in [3.63, 3.8) is 0 Å². The molecule has 202 valence electrons. The Hall–Kier alpha value is -3.71. The Morgan fingerprint density at radius 3 is 2.55 bits per heavy atom. The van der Waals surface area contributed by atoms with Crippen molar-refractivity contribution in [1.82, 2.24) is 24.5 Å². The molecule has 2 N–H and O–H groups in total. The van der Waals surface area contributed by atoms with E-state index >= 15 is 0 Å². The minimum atomic E-state index is -4.47. The van der Waals surface area contributed by atoms with Crippen LogP contribution in [0.5, 0.6) is 0 Å². The van der Waals surface area contributed by atoms with Crippen LogP contribution in [0.3, 0.4) is 0 Å². The summed E-state index contributed by atoms with van der Waals surface area (Å²) in [4.78, 5) is 33.5. The highest BCUT2D eigenvalue weighted by Gasteiger charge is 2.30. The monoisotopic (exact) mass is 531 g/mol. The second-order valence-electron chi connectivity index (χ2n) is 9.10. The van der Waals surface area contributed by atoms with E-state index in [-0.39, 0.29) is 23.6 Å². The van der Waals surface area contributed by atoms with Crippen LogP contribution in [0, 0.1) is 0 Å². The maximum Gasteiger partial charge on any atom is 0.416 e. The molecule has 2 aliphatic heterocycles. The van der Waals surface area contributed by atoms with Gasteiger partial charge in [-0.15, -0.1) is 5.10 Å². The average Bonchev–Trinajstić information content (AvgIpc) is 3.37. The van der Waals surface area contributed by atoms with Gasteiger partial charge in [-0.2, -0.15) is 22.7 Å². The summed E-state index contributed by atoms with van der Waals surface area (Å²) >= 11 is 0. The van der Waals surface area contributed by atoms with Crippen LogP contribution in [0.4, 0.5) is 24.5 Å². The molecule has 2 aromatic heterocycles. The van der Waals surface area contributed by atoms with Crippen molar-refractivity contribution in [2.24, 2.45) is 0 Å². The van der Waals surface area contributed by atoms with Crippen LogP contribution in [0.2, 0.25) is 0 Å². The number of hydrogen-bond acceptors (Lipinski definition) is 7. The zero-order chi connectivity index (χ0) is 26.9. The second kappa shape index (κ2) is 10.6. The van der Waals surface area contributed by atoms with Gasteiger partial charge in [-0.3, -0.25) is 9.59 Å². The molecule has 10 nitrogen and oxygen atoms in total. The van der Waals surface area contributed by atoms with E-state index in [9.17, 15) is 22.8 Å². The number of ether oxygens (including phenoxy) is 1. The molecule has 0 spiro atoms. The summed E-state index contributed by atoms with van der Waals surface area (Å²) in [5.74, 6) is 0.170. The summed E-state index contributed by atoms with van der Waals surface area (Å²) in [6.07, 6.45) is -1.53. The van der Waals surface area contributed by atoms with E-state index in [1.54, 1.807) is 4.57 Å². The minimum absolute atomic E-state index is 0.201. The number of piperazine rings is 1. The van der Waals surface area contributed by atoms with Crippen molar-refractivity contribution in [2.75, 3.05) is 49.6 Å². The fourth-order valence-electron chi connectivity index (χ4n) is 4.77. The SMILES string of the molecule is CCc1c(N2CCNCC2)c(=O)n2nc(C3=CCOCC3)nc2n1CC(=O)Nc1ccc(C(F)(F)F)cc1. The van der Waals surface area contributed by atoms with Crippen molar-refractivity contribution in [3.05, 3.63) is 57.8 Å². The first kappa shape index (κ1) is 25.9. The maximum atomic E-state index is 13.7. The molecule has 0 atom stereocenters. The summed E-state index contributed by atoms with van der Waals surface area (Å²) in [5, 5.41) is 10.4. The minimum Gasteiger partial charge on any atom is -0.377 e. The van der Waals surface area contributed by atoms with Gasteiger partial charge in [0.25, 0.3) is 5.56 Å².